The van der Waals surface area contributed by atoms with E-state index in [4.69, 9.17) is 21.1 Å². The van der Waals surface area contributed by atoms with Gasteiger partial charge in [-0.1, -0.05) is 11.6 Å². The average Bonchev–Trinajstić information content (AvgIpc) is 2.87. The number of benzene rings is 1. The highest BCUT2D eigenvalue weighted by Crippen LogP contribution is 2.18. The third-order valence-corrected chi connectivity index (χ3v) is 3.13. The summed E-state index contributed by atoms with van der Waals surface area (Å²) in [5, 5.41) is 0.678. The van der Waals surface area contributed by atoms with Crippen LogP contribution >= 0.6 is 11.6 Å². The maximum atomic E-state index is 5.94. The molecule has 0 radical (unpaired) electrons. The van der Waals surface area contributed by atoms with E-state index in [1.807, 2.05) is 53.2 Å². The summed E-state index contributed by atoms with van der Waals surface area (Å²) in [6.45, 7) is 0.408. The van der Waals surface area contributed by atoms with E-state index >= 15 is 0 Å². The highest BCUT2D eigenvalue weighted by molar-refractivity contribution is 6.30. The second-order valence-corrected chi connectivity index (χ2v) is 4.75. The second kappa shape index (κ2) is 5.43. The first-order valence-corrected chi connectivity index (χ1v) is 6.52. The van der Waals surface area contributed by atoms with Crippen molar-refractivity contribution in [2.45, 2.75) is 6.61 Å². The Morgan fingerprint density at radius 2 is 1.80 bits per heavy atom. The summed E-state index contributed by atoms with van der Waals surface area (Å²) in [5.41, 5.74) is 1.70. The van der Waals surface area contributed by atoms with Gasteiger partial charge < -0.3 is 13.9 Å². The molecule has 2 heterocycles. The van der Waals surface area contributed by atoms with Crippen LogP contribution in [0.15, 0.2) is 48.8 Å². The summed E-state index contributed by atoms with van der Waals surface area (Å²) in [4.78, 5) is 4.46. The Morgan fingerprint density at radius 1 is 1.05 bits per heavy atom. The third-order valence-electron chi connectivity index (χ3n) is 2.91. The standard InChI is InChI=1S/C15H13ClN2O2/c1-19-13-3-5-14(6-4-13)20-10-12-9-18-8-11(16)2-7-15(18)17-12/h2-9H,10H2,1H3. The van der Waals surface area contributed by atoms with Gasteiger partial charge in [-0.15, -0.1) is 0 Å². The van der Waals surface area contributed by atoms with Crippen LogP contribution in [0.5, 0.6) is 11.5 Å². The van der Waals surface area contributed by atoms with Gasteiger partial charge in [0.15, 0.2) is 0 Å². The van der Waals surface area contributed by atoms with Crippen molar-refractivity contribution in [3.05, 3.63) is 59.5 Å². The maximum absolute atomic E-state index is 5.94. The molecule has 0 atom stereocenters. The first-order chi connectivity index (χ1) is 9.74. The van der Waals surface area contributed by atoms with E-state index in [0.717, 1.165) is 22.8 Å². The lowest BCUT2D eigenvalue weighted by Crippen LogP contribution is -1.95. The van der Waals surface area contributed by atoms with Crippen LogP contribution in [0.1, 0.15) is 5.69 Å². The fourth-order valence-corrected chi connectivity index (χ4v) is 2.08. The van der Waals surface area contributed by atoms with E-state index in [1.165, 1.54) is 0 Å². The molecule has 0 unspecified atom stereocenters. The molecule has 102 valence electrons. The van der Waals surface area contributed by atoms with Gasteiger partial charge in [-0.2, -0.15) is 0 Å². The predicted molar refractivity (Wildman–Crippen MR) is 77.5 cm³/mol. The summed E-state index contributed by atoms with van der Waals surface area (Å²) in [6, 6.07) is 11.1. The Balaban J connectivity index is 1.72. The topological polar surface area (TPSA) is 35.8 Å². The van der Waals surface area contributed by atoms with Crippen molar-refractivity contribution < 1.29 is 9.47 Å². The molecule has 0 amide bonds. The van der Waals surface area contributed by atoms with Crippen LogP contribution in [0.2, 0.25) is 5.02 Å². The summed E-state index contributed by atoms with van der Waals surface area (Å²) in [5.74, 6) is 1.58. The molecule has 0 aliphatic heterocycles. The minimum atomic E-state index is 0.408. The molecule has 0 fully saturated rings. The van der Waals surface area contributed by atoms with Gasteiger partial charge in [-0.05, 0) is 36.4 Å². The van der Waals surface area contributed by atoms with Crippen molar-refractivity contribution in [1.29, 1.82) is 0 Å². The minimum Gasteiger partial charge on any atom is -0.497 e. The molecule has 3 rings (SSSR count). The number of halogens is 1. The Labute approximate surface area is 121 Å². The third kappa shape index (κ3) is 2.70. The summed E-state index contributed by atoms with van der Waals surface area (Å²) < 4.78 is 12.7. The van der Waals surface area contributed by atoms with Gasteiger partial charge in [0, 0.05) is 12.4 Å². The van der Waals surface area contributed by atoms with E-state index in [-0.39, 0.29) is 0 Å². The highest BCUT2D eigenvalue weighted by atomic mass is 35.5. The fourth-order valence-electron chi connectivity index (χ4n) is 1.92. The summed E-state index contributed by atoms with van der Waals surface area (Å²) in [7, 11) is 1.64. The van der Waals surface area contributed by atoms with Crippen molar-refractivity contribution in [3.63, 3.8) is 0 Å². The van der Waals surface area contributed by atoms with Gasteiger partial charge in [-0.25, -0.2) is 4.98 Å². The van der Waals surface area contributed by atoms with E-state index in [0.29, 0.717) is 11.6 Å². The molecule has 5 heteroatoms. The maximum Gasteiger partial charge on any atom is 0.137 e. The van der Waals surface area contributed by atoms with Gasteiger partial charge in [0.1, 0.15) is 23.8 Å². The van der Waals surface area contributed by atoms with E-state index in [9.17, 15) is 0 Å². The van der Waals surface area contributed by atoms with Crippen molar-refractivity contribution >= 4 is 17.2 Å². The van der Waals surface area contributed by atoms with Gasteiger partial charge in [0.2, 0.25) is 0 Å². The minimum absolute atomic E-state index is 0.408. The molecular formula is C15H13ClN2O2. The number of fused-ring (bicyclic) bond motifs is 1. The lowest BCUT2D eigenvalue weighted by Gasteiger charge is -2.04. The number of imidazole rings is 1. The van der Waals surface area contributed by atoms with Crippen molar-refractivity contribution in [2.24, 2.45) is 0 Å². The molecular weight excluding hydrogens is 276 g/mol. The second-order valence-electron chi connectivity index (χ2n) is 4.31. The summed E-state index contributed by atoms with van der Waals surface area (Å²) in [6.07, 6.45) is 3.73. The molecule has 0 saturated heterocycles. The van der Waals surface area contributed by atoms with Gasteiger partial charge in [0.05, 0.1) is 17.8 Å². The van der Waals surface area contributed by atoms with Crippen molar-refractivity contribution in [1.82, 2.24) is 9.38 Å². The Bertz CT molecular complexity index is 722. The number of methoxy groups -OCH3 is 1. The Hall–Kier alpha value is -2.20. The molecule has 2 aromatic heterocycles. The predicted octanol–water partition coefficient (Wildman–Crippen LogP) is 3.58. The number of nitrogens with zero attached hydrogens (tertiary/aromatic N) is 2. The number of hydrogen-bond donors (Lipinski definition) is 0. The van der Waals surface area contributed by atoms with Crippen LogP contribution < -0.4 is 9.47 Å². The van der Waals surface area contributed by atoms with Crippen LogP contribution in [0.25, 0.3) is 5.65 Å². The van der Waals surface area contributed by atoms with Gasteiger partial charge >= 0.3 is 0 Å². The quantitative estimate of drug-likeness (QED) is 0.736. The van der Waals surface area contributed by atoms with Gasteiger partial charge in [-0.3, -0.25) is 0 Å². The summed E-state index contributed by atoms with van der Waals surface area (Å²) >= 11 is 5.94. The zero-order valence-corrected chi connectivity index (χ0v) is 11.7. The lowest BCUT2D eigenvalue weighted by molar-refractivity contribution is 0.301. The van der Waals surface area contributed by atoms with E-state index in [1.54, 1.807) is 7.11 Å². The largest absolute Gasteiger partial charge is 0.497 e. The molecule has 1 aromatic carbocycles. The smallest absolute Gasteiger partial charge is 0.137 e. The number of hydrogen-bond acceptors (Lipinski definition) is 3. The molecule has 0 saturated carbocycles. The van der Waals surface area contributed by atoms with Crippen LogP contribution in [-0.4, -0.2) is 16.5 Å². The Kier molecular flexibility index (Phi) is 3.48. The number of pyridine rings is 1. The molecule has 3 aromatic rings. The normalized spacial score (nSPS) is 10.7. The molecule has 0 N–H and O–H groups in total. The zero-order valence-electron chi connectivity index (χ0n) is 10.9. The number of aromatic nitrogens is 2. The van der Waals surface area contributed by atoms with Crippen LogP contribution in [-0.2, 0) is 6.61 Å². The van der Waals surface area contributed by atoms with Crippen LogP contribution in [0, 0.1) is 0 Å². The molecule has 0 aliphatic carbocycles. The molecule has 20 heavy (non-hydrogen) atoms. The lowest BCUT2D eigenvalue weighted by atomic mass is 10.3. The molecule has 0 bridgehead atoms. The monoisotopic (exact) mass is 288 g/mol. The molecule has 0 aliphatic rings. The SMILES string of the molecule is COc1ccc(OCc2cn3cc(Cl)ccc3n2)cc1. The van der Waals surface area contributed by atoms with Crippen LogP contribution in [0.3, 0.4) is 0 Å². The van der Waals surface area contributed by atoms with Crippen LogP contribution in [0.4, 0.5) is 0 Å². The first kappa shape index (κ1) is 12.8. The van der Waals surface area contributed by atoms with E-state index < -0.39 is 0 Å². The van der Waals surface area contributed by atoms with Gasteiger partial charge in [0.25, 0.3) is 0 Å². The number of rotatable bonds is 4. The zero-order chi connectivity index (χ0) is 13.9. The highest BCUT2D eigenvalue weighted by Gasteiger charge is 2.03. The average molecular weight is 289 g/mol. The first-order valence-electron chi connectivity index (χ1n) is 6.14. The number of ether oxygens (including phenoxy) is 2. The molecule has 4 nitrogen and oxygen atoms in total. The van der Waals surface area contributed by atoms with Crippen molar-refractivity contribution in [2.75, 3.05) is 7.11 Å². The van der Waals surface area contributed by atoms with Crippen molar-refractivity contribution in [3.8, 4) is 11.5 Å². The van der Waals surface area contributed by atoms with E-state index in [2.05, 4.69) is 4.98 Å². The molecule has 0 spiro atoms. The Morgan fingerprint density at radius 3 is 2.55 bits per heavy atom. The fraction of sp³-hybridized carbons (Fsp3) is 0.133.